The van der Waals surface area contributed by atoms with E-state index in [2.05, 4.69) is 150 Å². The molecule has 6 aromatic rings. The van der Waals surface area contributed by atoms with Crippen LogP contribution in [0.25, 0.3) is 33.1 Å². The molecule has 186 valence electrons. The lowest BCUT2D eigenvalue weighted by Crippen LogP contribution is -2.42. The highest BCUT2D eigenvalue weighted by Gasteiger charge is 2.50. The van der Waals surface area contributed by atoms with Gasteiger partial charge in [0.15, 0.2) is 0 Å². The lowest BCUT2D eigenvalue weighted by molar-refractivity contribution is 0.562. The molecule has 0 saturated carbocycles. The number of anilines is 2. The van der Waals surface area contributed by atoms with Crippen molar-refractivity contribution in [2.24, 2.45) is 0 Å². The van der Waals surface area contributed by atoms with Gasteiger partial charge in [0, 0.05) is 39.3 Å². The van der Waals surface area contributed by atoms with Crippen LogP contribution < -0.4 is 4.90 Å². The maximum absolute atomic E-state index is 4.91. The highest BCUT2D eigenvalue weighted by molar-refractivity contribution is 6.10. The smallest absolute Gasteiger partial charge is 0.137 e. The van der Waals surface area contributed by atoms with Crippen molar-refractivity contribution < 1.29 is 0 Å². The van der Waals surface area contributed by atoms with E-state index < -0.39 is 0 Å². The zero-order chi connectivity index (χ0) is 26.0. The fourth-order valence-corrected chi connectivity index (χ4v) is 6.75. The van der Waals surface area contributed by atoms with E-state index in [4.69, 9.17) is 4.98 Å². The van der Waals surface area contributed by atoms with E-state index in [1.54, 1.807) is 0 Å². The Morgan fingerprint density at radius 2 is 1.41 bits per heavy atom. The van der Waals surface area contributed by atoms with Gasteiger partial charge in [-0.1, -0.05) is 91.0 Å². The van der Waals surface area contributed by atoms with Gasteiger partial charge in [-0.05, 0) is 60.5 Å². The first-order valence-electron chi connectivity index (χ1n) is 13.5. The molecule has 1 aliphatic carbocycles. The lowest BCUT2D eigenvalue weighted by atomic mass is 9.71. The normalized spacial score (nSPS) is 19.8. The molecule has 1 aliphatic heterocycles. The van der Waals surface area contributed by atoms with E-state index in [0.29, 0.717) is 0 Å². The van der Waals surface area contributed by atoms with Gasteiger partial charge in [0.2, 0.25) is 0 Å². The molecular weight excluding hydrogens is 474 g/mol. The summed E-state index contributed by atoms with van der Waals surface area (Å²) in [4.78, 5) is 7.34. The molecule has 0 fully saturated rings. The van der Waals surface area contributed by atoms with Crippen LogP contribution in [0.3, 0.4) is 0 Å². The van der Waals surface area contributed by atoms with Crippen LogP contribution in [0.1, 0.15) is 18.1 Å². The van der Waals surface area contributed by atoms with Crippen LogP contribution in [0.5, 0.6) is 0 Å². The minimum atomic E-state index is -0.204. The molecular formula is C36H27N3. The Bertz CT molecular complexity index is 1930. The molecule has 2 aliphatic rings. The topological polar surface area (TPSA) is 21.1 Å². The number of rotatable bonds is 3. The van der Waals surface area contributed by atoms with Gasteiger partial charge >= 0.3 is 0 Å². The third-order valence-corrected chi connectivity index (χ3v) is 8.49. The summed E-state index contributed by atoms with van der Waals surface area (Å²) in [6.45, 7) is 2.35. The molecule has 8 rings (SSSR count). The number of para-hydroxylation sites is 3. The maximum atomic E-state index is 4.91. The maximum Gasteiger partial charge on any atom is 0.137 e. The molecule has 0 saturated heterocycles. The Balaban J connectivity index is 1.37. The molecule has 3 nitrogen and oxygen atoms in total. The summed E-state index contributed by atoms with van der Waals surface area (Å²) in [6, 6.07) is 41.4. The SMILES string of the molecule is CC12C=CC=C(c3ccc4c5ccccc5n(-c5ccccc5)c4c3)C1N(c1ccccc1)c1ncccc12. The molecule has 0 bridgehead atoms. The molecule has 4 aromatic carbocycles. The summed E-state index contributed by atoms with van der Waals surface area (Å²) in [5.74, 6) is 1.04. The van der Waals surface area contributed by atoms with Crippen molar-refractivity contribution in [3.05, 3.63) is 151 Å². The van der Waals surface area contributed by atoms with Crippen molar-refractivity contribution in [1.82, 2.24) is 9.55 Å². The largest absolute Gasteiger partial charge is 0.317 e. The second kappa shape index (κ2) is 8.31. The fraction of sp³-hybridized carbons (Fsp3) is 0.0833. The van der Waals surface area contributed by atoms with E-state index in [-0.39, 0.29) is 11.5 Å². The highest BCUT2D eigenvalue weighted by atomic mass is 15.3. The predicted molar refractivity (Wildman–Crippen MR) is 162 cm³/mol. The van der Waals surface area contributed by atoms with Gasteiger partial charge in [-0.15, -0.1) is 0 Å². The van der Waals surface area contributed by atoms with Crippen LogP contribution in [0.4, 0.5) is 11.5 Å². The molecule has 2 atom stereocenters. The fourth-order valence-electron chi connectivity index (χ4n) is 6.75. The van der Waals surface area contributed by atoms with E-state index in [1.807, 2.05) is 6.20 Å². The summed E-state index contributed by atoms with van der Waals surface area (Å²) in [5.41, 5.74) is 8.37. The molecule has 0 radical (unpaired) electrons. The average Bonchev–Trinajstić information content (AvgIpc) is 3.47. The number of nitrogens with zero attached hydrogens (tertiary/aromatic N) is 3. The van der Waals surface area contributed by atoms with Crippen LogP contribution in [0.2, 0.25) is 0 Å². The zero-order valence-corrected chi connectivity index (χ0v) is 21.7. The van der Waals surface area contributed by atoms with Gasteiger partial charge in [-0.2, -0.15) is 0 Å². The van der Waals surface area contributed by atoms with Gasteiger partial charge in [0.1, 0.15) is 5.82 Å². The monoisotopic (exact) mass is 501 g/mol. The average molecular weight is 502 g/mol. The Morgan fingerprint density at radius 3 is 2.23 bits per heavy atom. The molecule has 0 spiro atoms. The molecule has 0 amide bonds. The summed E-state index contributed by atoms with van der Waals surface area (Å²) < 4.78 is 2.40. The van der Waals surface area contributed by atoms with Crippen LogP contribution >= 0.6 is 0 Å². The number of fused-ring (bicyclic) bond motifs is 6. The van der Waals surface area contributed by atoms with Crippen LogP contribution in [0, 0.1) is 0 Å². The standard InChI is InChI=1S/C36H27N3/c1-36-22-10-17-28(34(36)39(27-14-6-3-7-15-27)35-31(36)18-11-23-37-35)25-20-21-30-29-16-8-9-19-32(29)38(33(30)24-25)26-12-4-2-5-13-26/h2-24,34H,1H3. The Kier molecular flexibility index (Phi) is 4.71. The van der Waals surface area contributed by atoms with Crippen molar-refractivity contribution in [3.8, 4) is 5.69 Å². The van der Waals surface area contributed by atoms with Crippen molar-refractivity contribution in [2.75, 3.05) is 4.90 Å². The number of allylic oxidation sites excluding steroid dienone is 2. The number of hydrogen-bond acceptors (Lipinski definition) is 2. The van der Waals surface area contributed by atoms with Gasteiger partial charge in [-0.3, -0.25) is 0 Å². The number of hydrogen-bond donors (Lipinski definition) is 0. The molecule has 2 aromatic heterocycles. The number of benzene rings is 4. The molecule has 3 heteroatoms. The first kappa shape index (κ1) is 22.1. The van der Waals surface area contributed by atoms with Crippen molar-refractivity contribution in [1.29, 1.82) is 0 Å². The Morgan fingerprint density at radius 1 is 0.692 bits per heavy atom. The van der Waals surface area contributed by atoms with E-state index in [9.17, 15) is 0 Å². The summed E-state index contributed by atoms with van der Waals surface area (Å²) in [6.07, 6.45) is 8.79. The number of aromatic nitrogens is 2. The quantitative estimate of drug-likeness (QED) is 0.242. The van der Waals surface area contributed by atoms with Gasteiger partial charge < -0.3 is 9.47 Å². The first-order chi connectivity index (χ1) is 19.2. The van der Waals surface area contributed by atoms with Crippen molar-refractivity contribution in [2.45, 2.75) is 18.4 Å². The Hall–Kier alpha value is -4.89. The summed E-state index contributed by atoms with van der Waals surface area (Å²) in [7, 11) is 0. The minimum absolute atomic E-state index is 0.0850. The number of pyridine rings is 1. The van der Waals surface area contributed by atoms with E-state index in [1.165, 1.54) is 44.2 Å². The minimum Gasteiger partial charge on any atom is -0.317 e. The van der Waals surface area contributed by atoms with Crippen LogP contribution in [-0.4, -0.2) is 15.6 Å². The van der Waals surface area contributed by atoms with E-state index in [0.717, 1.165) is 11.5 Å². The molecule has 3 heterocycles. The summed E-state index contributed by atoms with van der Waals surface area (Å²) >= 11 is 0. The van der Waals surface area contributed by atoms with Gasteiger partial charge in [0.25, 0.3) is 0 Å². The lowest BCUT2D eigenvalue weighted by Gasteiger charge is -2.38. The molecule has 0 N–H and O–H groups in total. The summed E-state index contributed by atoms with van der Waals surface area (Å²) in [5, 5.41) is 2.54. The zero-order valence-electron chi connectivity index (χ0n) is 21.7. The van der Waals surface area contributed by atoms with Crippen LogP contribution in [0.15, 0.2) is 140 Å². The van der Waals surface area contributed by atoms with Crippen molar-refractivity contribution >= 4 is 38.9 Å². The Labute approximate surface area is 228 Å². The highest BCUT2D eigenvalue weighted by Crippen LogP contribution is 2.54. The molecule has 2 unspecified atom stereocenters. The van der Waals surface area contributed by atoms with Crippen molar-refractivity contribution in [3.63, 3.8) is 0 Å². The van der Waals surface area contributed by atoms with E-state index >= 15 is 0 Å². The third kappa shape index (κ3) is 3.13. The third-order valence-electron chi connectivity index (χ3n) is 8.49. The predicted octanol–water partition coefficient (Wildman–Crippen LogP) is 8.61. The van der Waals surface area contributed by atoms with Gasteiger partial charge in [-0.25, -0.2) is 4.98 Å². The molecule has 39 heavy (non-hydrogen) atoms. The second-order valence-electron chi connectivity index (χ2n) is 10.7. The van der Waals surface area contributed by atoms with Gasteiger partial charge in [0.05, 0.1) is 17.1 Å². The first-order valence-corrected chi connectivity index (χ1v) is 13.5. The van der Waals surface area contributed by atoms with Crippen LogP contribution in [-0.2, 0) is 5.41 Å². The second-order valence-corrected chi connectivity index (χ2v) is 10.7.